The molecule has 0 saturated heterocycles. The lowest BCUT2D eigenvalue weighted by Gasteiger charge is -2.15. The first-order valence-electron chi connectivity index (χ1n) is 6.85. The smallest absolute Gasteiger partial charge is 0.316 e. The van der Waals surface area contributed by atoms with Crippen molar-refractivity contribution in [1.82, 2.24) is 19.5 Å². The number of aromatic nitrogens is 3. The van der Waals surface area contributed by atoms with Gasteiger partial charge in [-0.05, 0) is 26.0 Å². The zero-order valence-corrected chi connectivity index (χ0v) is 13.9. The maximum atomic E-state index is 13.7. The van der Waals surface area contributed by atoms with Crippen LogP contribution in [-0.4, -0.2) is 30.3 Å². The highest BCUT2D eigenvalue weighted by molar-refractivity contribution is 7.89. The van der Waals surface area contributed by atoms with Crippen LogP contribution in [0.1, 0.15) is 25.7 Å². The van der Waals surface area contributed by atoms with Gasteiger partial charge in [-0.3, -0.25) is 4.57 Å². The van der Waals surface area contributed by atoms with Crippen molar-refractivity contribution in [3.8, 4) is 6.01 Å². The molecule has 7 nitrogen and oxygen atoms in total. The lowest BCUT2D eigenvalue weighted by atomic mass is 10.3. The fourth-order valence-corrected chi connectivity index (χ4v) is 3.40. The van der Waals surface area contributed by atoms with Crippen molar-refractivity contribution in [3.63, 3.8) is 0 Å². The molecule has 0 bridgehead atoms. The van der Waals surface area contributed by atoms with Gasteiger partial charge in [0.2, 0.25) is 10.0 Å². The van der Waals surface area contributed by atoms with Crippen LogP contribution in [0, 0.1) is 17.5 Å². The molecule has 1 aromatic heterocycles. The highest BCUT2D eigenvalue weighted by Gasteiger charge is 2.28. The maximum Gasteiger partial charge on any atom is 0.316 e. The Kier molecular flexibility index (Phi) is 5.13. The fourth-order valence-electron chi connectivity index (χ4n) is 2.13. The molecule has 0 unspecified atom stereocenters. The summed E-state index contributed by atoms with van der Waals surface area (Å²) in [6, 6.07) is 0.444. The summed E-state index contributed by atoms with van der Waals surface area (Å²) in [6.45, 7) is 3.62. The number of ether oxygens (including phenoxy) is 1. The average molecular weight is 364 g/mol. The van der Waals surface area contributed by atoms with Crippen LogP contribution in [0.5, 0.6) is 6.01 Å². The second kappa shape index (κ2) is 6.77. The summed E-state index contributed by atoms with van der Waals surface area (Å²) in [5.41, 5.74) is 0. The van der Waals surface area contributed by atoms with Gasteiger partial charge in [0, 0.05) is 6.54 Å². The van der Waals surface area contributed by atoms with Gasteiger partial charge in [-0.25, -0.2) is 26.3 Å². The van der Waals surface area contributed by atoms with Crippen molar-refractivity contribution < 1.29 is 26.3 Å². The Morgan fingerprint density at radius 1 is 1.25 bits per heavy atom. The Morgan fingerprint density at radius 3 is 2.50 bits per heavy atom. The van der Waals surface area contributed by atoms with E-state index in [4.69, 9.17) is 4.74 Å². The molecular formula is C13H15F3N4O3S. The van der Waals surface area contributed by atoms with E-state index < -0.39 is 38.4 Å². The minimum Gasteiger partial charge on any atom is -0.467 e. The van der Waals surface area contributed by atoms with Crippen LogP contribution in [0.2, 0.25) is 0 Å². The number of hydrogen-bond acceptors (Lipinski definition) is 5. The monoisotopic (exact) mass is 364 g/mol. The molecule has 2 rings (SSSR count). The van der Waals surface area contributed by atoms with Crippen molar-refractivity contribution in [1.29, 1.82) is 0 Å². The van der Waals surface area contributed by atoms with Gasteiger partial charge in [0.25, 0.3) is 0 Å². The SMILES string of the molecule is CCn1c(OC)nnc1[C@@H](C)NS(=O)(=O)c1ccc(F)c(F)c1F. The molecule has 0 spiro atoms. The molecule has 1 atom stereocenters. The van der Waals surface area contributed by atoms with E-state index in [0.717, 1.165) is 0 Å². The second-order valence-electron chi connectivity index (χ2n) is 4.81. The number of sulfonamides is 1. The van der Waals surface area contributed by atoms with Gasteiger partial charge in [0.05, 0.1) is 13.2 Å². The van der Waals surface area contributed by atoms with Crippen molar-refractivity contribution in [2.45, 2.75) is 31.3 Å². The molecule has 0 fully saturated rings. The first-order valence-corrected chi connectivity index (χ1v) is 8.34. The number of nitrogens with one attached hydrogen (secondary N) is 1. The van der Waals surface area contributed by atoms with Gasteiger partial charge >= 0.3 is 6.01 Å². The molecular weight excluding hydrogens is 349 g/mol. The summed E-state index contributed by atoms with van der Waals surface area (Å²) >= 11 is 0. The molecule has 0 amide bonds. The molecule has 11 heteroatoms. The van der Waals surface area contributed by atoms with Gasteiger partial charge in [-0.2, -0.15) is 0 Å². The normalized spacial score (nSPS) is 13.1. The number of hydrogen-bond donors (Lipinski definition) is 1. The summed E-state index contributed by atoms with van der Waals surface area (Å²) in [6.07, 6.45) is 0. The van der Waals surface area contributed by atoms with E-state index in [2.05, 4.69) is 14.9 Å². The summed E-state index contributed by atoms with van der Waals surface area (Å²) in [5.74, 6) is -4.90. The Labute approximate surface area is 136 Å². The summed E-state index contributed by atoms with van der Waals surface area (Å²) in [7, 11) is -3.07. The zero-order valence-electron chi connectivity index (χ0n) is 13.0. The summed E-state index contributed by atoms with van der Waals surface area (Å²) in [5, 5.41) is 7.57. The van der Waals surface area contributed by atoms with Gasteiger partial charge in [-0.1, -0.05) is 5.10 Å². The molecule has 132 valence electrons. The maximum absolute atomic E-state index is 13.7. The van der Waals surface area contributed by atoms with Crippen molar-refractivity contribution in [2.24, 2.45) is 0 Å². The Morgan fingerprint density at radius 2 is 1.92 bits per heavy atom. The van der Waals surface area contributed by atoms with Gasteiger partial charge < -0.3 is 4.74 Å². The van der Waals surface area contributed by atoms with E-state index in [1.165, 1.54) is 18.6 Å². The number of nitrogens with zero attached hydrogens (tertiary/aromatic N) is 3. The van der Waals surface area contributed by atoms with E-state index in [1.807, 2.05) is 0 Å². The highest BCUT2D eigenvalue weighted by atomic mass is 32.2. The second-order valence-corrected chi connectivity index (χ2v) is 6.49. The van der Waals surface area contributed by atoms with E-state index in [-0.39, 0.29) is 11.8 Å². The van der Waals surface area contributed by atoms with Crippen LogP contribution in [0.4, 0.5) is 13.2 Å². The molecule has 2 aromatic rings. The van der Waals surface area contributed by atoms with Crippen LogP contribution in [0.3, 0.4) is 0 Å². The first-order chi connectivity index (χ1) is 11.2. The Balaban J connectivity index is 2.36. The van der Waals surface area contributed by atoms with E-state index in [9.17, 15) is 21.6 Å². The number of methoxy groups -OCH3 is 1. The van der Waals surface area contributed by atoms with Gasteiger partial charge in [0.1, 0.15) is 4.90 Å². The van der Waals surface area contributed by atoms with Crippen LogP contribution >= 0.6 is 0 Å². The van der Waals surface area contributed by atoms with E-state index in [1.54, 1.807) is 6.92 Å². The lowest BCUT2D eigenvalue weighted by molar-refractivity contribution is 0.354. The zero-order chi connectivity index (χ0) is 18.1. The standard InChI is InChI=1S/C13H15F3N4O3S/c1-4-20-12(17-18-13(20)23-3)7(2)19-24(21,22)9-6-5-8(14)10(15)11(9)16/h5-7,19H,4H2,1-3H3/t7-/m1/s1. The summed E-state index contributed by atoms with van der Waals surface area (Å²) < 4.78 is 73.1. The predicted molar refractivity (Wildman–Crippen MR) is 77.3 cm³/mol. The largest absolute Gasteiger partial charge is 0.467 e. The molecule has 1 N–H and O–H groups in total. The molecule has 0 saturated carbocycles. The predicted octanol–water partition coefficient (Wildman–Crippen LogP) is 1.76. The van der Waals surface area contributed by atoms with E-state index in [0.29, 0.717) is 18.7 Å². The van der Waals surface area contributed by atoms with Gasteiger partial charge in [0.15, 0.2) is 23.3 Å². The van der Waals surface area contributed by atoms with Gasteiger partial charge in [-0.15, -0.1) is 5.10 Å². The van der Waals surface area contributed by atoms with Crippen molar-refractivity contribution in [3.05, 3.63) is 35.4 Å². The van der Waals surface area contributed by atoms with Crippen molar-refractivity contribution >= 4 is 10.0 Å². The first kappa shape index (κ1) is 18.2. The minimum atomic E-state index is -4.45. The highest BCUT2D eigenvalue weighted by Crippen LogP contribution is 2.23. The molecule has 24 heavy (non-hydrogen) atoms. The van der Waals surface area contributed by atoms with Crippen LogP contribution in [0.15, 0.2) is 17.0 Å². The third-order valence-corrected chi connectivity index (χ3v) is 4.81. The molecule has 0 radical (unpaired) electrons. The third-order valence-electron chi connectivity index (χ3n) is 3.25. The molecule has 0 aliphatic carbocycles. The quantitative estimate of drug-likeness (QED) is 0.790. The number of rotatable bonds is 6. The average Bonchev–Trinajstić information content (AvgIpc) is 2.95. The number of halogens is 3. The van der Waals surface area contributed by atoms with E-state index >= 15 is 0 Å². The third kappa shape index (κ3) is 3.22. The molecule has 0 aliphatic rings. The fraction of sp³-hybridized carbons (Fsp3) is 0.385. The van der Waals surface area contributed by atoms with Crippen LogP contribution < -0.4 is 9.46 Å². The Hall–Kier alpha value is -2.14. The molecule has 1 heterocycles. The van der Waals surface area contributed by atoms with Crippen LogP contribution in [0.25, 0.3) is 0 Å². The summed E-state index contributed by atoms with van der Waals surface area (Å²) in [4.78, 5) is -0.997. The Bertz CT molecular complexity index is 854. The van der Waals surface area contributed by atoms with Crippen LogP contribution in [-0.2, 0) is 16.6 Å². The number of benzene rings is 1. The molecule has 0 aliphatic heterocycles. The minimum absolute atomic E-state index is 0.178. The topological polar surface area (TPSA) is 86.1 Å². The van der Waals surface area contributed by atoms with Crippen molar-refractivity contribution in [2.75, 3.05) is 7.11 Å². The molecule has 1 aromatic carbocycles. The lowest BCUT2D eigenvalue weighted by Crippen LogP contribution is -2.30.